The van der Waals surface area contributed by atoms with Gasteiger partial charge in [-0.25, -0.2) is 8.42 Å². The van der Waals surface area contributed by atoms with Crippen LogP contribution in [0.4, 0.5) is 17.3 Å². The molecule has 0 saturated carbocycles. The molecule has 0 saturated heterocycles. The average molecular weight is 368 g/mol. The first-order valence-corrected chi connectivity index (χ1v) is 9.60. The van der Waals surface area contributed by atoms with E-state index < -0.39 is 10.0 Å². The van der Waals surface area contributed by atoms with Gasteiger partial charge in [-0.1, -0.05) is 35.9 Å². The molecule has 2 aromatic carbocycles. The number of hydrogen-bond donors (Lipinski definition) is 2. The van der Waals surface area contributed by atoms with Gasteiger partial charge < -0.3 is 5.32 Å². The first kappa shape index (κ1) is 17.9. The quantitative estimate of drug-likeness (QED) is 0.712. The third-order valence-corrected chi connectivity index (χ3v) is 5.48. The van der Waals surface area contributed by atoms with Crippen LogP contribution in [0.15, 0.2) is 59.5 Å². The first-order valence-electron chi connectivity index (χ1n) is 8.11. The predicted molar refractivity (Wildman–Crippen MR) is 103 cm³/mol. The first-order chi connectivity index (χ1) is 12.3. The molecule has 6 nitrogen and oxygen atoms in total. The molecule has 2 N–H and O–H groups in total. The van der Waals surface area contributed by atoms with Crippen LogP contribution in [-0.4, -0.2) is 18.6 Å². The summed E-state index contributed by atoms with van der Waals surface area (Å²) in [5.41, 5.74) is 3.30. The van der Waals surface area contributed by atoms with Gasteiger partial charge in [0.1, 0.15) is 0 Å². The molecule has 134 valence electrons. The van der Waals surface area contributed by atoms with E-state index >= 15 is 0 Å². The largest absolute Gasteiger partial charge is 0.339 e. The molecular weight excluding hydrogens is 348 g/mol. The van der Waals surface area contributed by atoms with Crippen LogP contribution in [0.1, 0.15) is 16.7 Å². The van der Waals surface area contributed by atoms with Crippen LogP contribution in [0.3, 0.4) is 0 Å². The summed E-state index contributed by atoms with van der Waals surface area (Å²) >= 11 is 0. The van der Waals surface area contributed by atoms with Gasteiger partial charge in [0.15, 0.2) is 11.6 Å². The van der Waals surface area contributed by atoms with Crippen LogP contribution in [0.25, 0.3) is 0 Å². The fourth-order valence-electron chi connectivity index (χ4n) is 2.90. The topological polar surface area (TPSA) is 84.0 Å². The Balaban J connectivity index is 1.80. The highest BCUT2D eigenvalue weighted by Gasteiger charge is 2.20. The monoisotopic (exact) mass is 368 g/mol. The van der Waals surface area contributed by atoms with Crippen LogP contribution in [-0.2, 0) is 10.0 Å². The van der Waals surface area contributed by atoms with E-state index in [1.807, 2.05) is 49.4 Å². The molecule has 0 atom stereocenters. The van der Waals surface area contributed by atoms with Crippen molar-refractivity contribution in [1.82, 2.24) is 10.2 Å². The van der Waals surface area contributed by atoms with Gasteiger partial charge >= 0.3 is 0 Å². The molecule has 3 rings (SSSR count). The van der Waals surface area contributed by atoms with Crippen LogP contribution in [0.2, 0.25) is 0 Å². The molecule has 0 fully saturated rings. The zero-order valence-corrected chi connectivity index (χ0v) is 15.6. The Bertz CT molecular complexity index is 994. The molecule has 0 aliphatic rings. The third kappa shape index (κ3) is 4.00. The maximum absolute atomic E-state index is 12.7. The van der Waals surface area contributed by atoms with Gasteiger partial charge in [-0.2, -0.15) is 0 Å². The molecule has 0 amide bonds. The molecule has 0 unspecified atom stereocenters. The zero-order valence-electron chi connectivity index (χ0n) is 14.8. The standard InChI is InChI=1S/C19H20N4O2S/c1-13-11-14(2)19(15(3)12-13)26(24,25)23-18-10-9-17(21-22-18)20-16-7-5-4-6-8-16/h4-12H,1-3H3,(H,20,21)(H,22,23). The lowest BCUT2D eigenvalue weighted by molar-refractivity contribution is 0.599. The number of para-hydroxylation sites is 1. The Kier molecular flexibility index (Phi) is 4.90. The summed E-state index contributed by atoms with van der Waals surface area (Å²) in [6.45, 7) is 5.51. The Labute approximate surface area is 153 Å². The minimum absolute atomic E-state index is 0.169. The number of nitrogens with one attached hydrogen (secondary N) is 2. The van der Waals surface area contributed by atoms with E-state index in [0.29, 0.717) is 16.9 Å². The van der Waals surface area contributed by atoms with E-state index in [9.17, 15) is 8.42 Å². The fraction of sp³-hybridized carbons (Fsp3) is 0.158. The van der Waals surface area contributed by atoms with E-state index in [0.717, 1.165) is 11.3 Å². The Hall–Kier alpha value is -2.93. The number of benzene rings is 2. The van der Waals surface area contributed by atoms with Gasteiger partial charge in [-0.15, -0.1) is 10.2 Å². The van der Waals surface area contributed by atoms with Crippen LogP contribution in [0, 0.1) is 20.8 Å². The Morgan fingerprint density at radius 2 is 1.38 bits per heavy atom. The number of aryl methyl sites for hydroxylation is 3. The summed E-state index contributed by atoms with van der Waals surface area (Å²) < 4.78 is 28.0. The lowest BCUT2D eigenvalue weighted by Crippen LogP contribution is -2.17. The fourth-order valence-corrected chi connectivity index (χ4v) is 4.35. The minimum Gasteiger partial charge on any atom is -0.339 e. The van der Waals surface area contributed by atoms with Crippen molar-refractivity contribution in [2.24, 2.45) is 0 Å². The van der Waals surface area contributed by atoms with Gasteiger partial charge in [0.05, 0.1) is 4.90 Å². The molecule has 3 aromatic rings. The van der Waals surface area contributed by atoms with Crippen molar-refractivity contribution < 1.29 is 8.42 Å². The zero-order chi connectivity index (χ0) is 18.7. The number of rotatable bonds is 5. The van der Waals surface area contributed by atoms with Crippen molar-refractivity contribution in [3.05, 3.63) is 71.3 Å². The van der Waals surface area contributed by atoms with Gasteiger partial charge in [0.2, 0.25) is 0 Å². The maximum Gasteiger partial charge on any atom is 0.263 e. The van der Waals surface area contributed by atoms with Crippen LogP contribution in [0.5, 0.6) is 0 Å². The average Bonchev–Trinajstić information content (AvgIpc) is 2.56. The van der Waals surface area contributed by atoms with Crippen molar-refractivity contribution in [3.63, 3.8) is 0 Å². The maximum atomic E-state index is 12.7. The van der Waals surface area contributed by atoms with E-state index in [2.05, 4.69) is 20.2 Å². The summed E-state index contributed by atoms with van der Waals surface area (Å²) in [4.78, 5) is 0.274. The summed E-state index contributed by atoms with van der Waals surface area (Å²) in [6, 6.07) is 16.5. The predicted octanol–water partition coefficient (Wildman–Crippen LogP) is 3.95. The van der Waals surface area contributed by atoms with Gasteiger partial charge in [-0.3, -0.25) is 4.72 Å². The van der Waals surface area contributed by atoms with E-state index in [1.165, 1.54) is 0 Å². The van der Waals surface area contributed by atoms with Gasteiger partial charge in [0, 0.05) is 5.69 Å². The second-order valence-corrected chi connectivity index (χ2v) is 7.75. The van der Waals surface area contributed by atoms with Crippen LogP contribution < -0.4 is 10.0 Å². The molecule has 0 spiro atoms. The lowest BCUT2D eigenvalue weighted by atomic mass is 10.1. The highest BCUT2D eigenvalue weighted by atomic mass is 32.2. The Morgan fingerprint density at radius 3 is 1.96 bits per heavy atom. The van der Waals surface area contributed by atoms with E-state index in [1.54, 1.807) is 26.0 Å². The number of sulfonamides is 1. The molecule has 0 aliphatic heterocycles. The molecule has 1 heterocycles. The summed E-state index contributed by atoms with van der Waals surface area (Å²) in [5, 5.41) is 11.1. The van der Waals surface area contributed by atoms with Gasteiger partial charge in [0.25, 0.3) is 10.0 Å². The van der Waals surface area contributed by atoms with E-state index in [4.69, 9.17) is 0 Å². The number of nitrogens with zero attached hydrogens (tertiary/aromatic N) is 2. The number of aromatic nitrogens is 2. The minimum atomic E-state index is -3.74. The van der Waals surface area contributed by atoms with Crippen molar-refractivity contribution in [1.29, 1.82) is 0 Å². The molecular formula is C19H20N4O2S. The van der Waals surface area contributed by atoms with Crippen molar-refractivity contribution in [2.75, 3.05) is 10.0 Å². The molecule has 1 aromatic heterocycles. The van der Waals surface area contributed by atoms with Crippen molar-refractivity contribution >= 4 is 27.3 Å². The van der Waals surface area contributed by atoms with Gasteiger partial charge in [-0.05, 0) is 56.2 Å². The Morgan fingerprint density at radius 1 is 0.808 bits per heavy atom. The summed E-state index contributed by atoms with van der Waals surface area (Å²) in [7, 11) is -3.74. The molecule has 0 radical (unpaired) electrons. The second kappa shape index (κ2) is 7.13. The number of hydrogen-bond acceptors (Lipinski definition) is 5. The normalized spacial score (nSPS) is 11.2. The molecule has 26 heavy (non-hydrogen) atoms. The second-order valence-electron chi connectivity index (χ2n) is 6.13. The summed E-state index contributed by atoms with van der Waals surface area (Å²) in [5.74, 6) is 0.699. The third-order valence-electron chi connectivity index (χ3n) is 3.82. The molecule has 0 aliphatic carbocycles. The molecule has 7 heteroatoms. The number of anilines is 3. The summed E-state index contributed by atoms with van der Waals surface area (Å²) in [6.07, 6.45) is 0. The smallest absolute Gasteiger partial charge is 0.263 e. The molecule has 0 bridgehead atoms. The SMILES string of the molecule is Cc1cc(C)c(S(=O)(=O)Nc2ccc(Nc3ccccc3)nn2)c(C)c1. The highest BCUT2D eigenvalue weighted by molar-refractivity contribution is 7.92. The van der Waals surface area contributed by atoms with E-state index in [-0.39, 0.29) is 10.7 Å². The lowest BCUT2D eigenvalue weighted by Gasteiger charge is -2.13. The van der Waals surface area contributed by atoms with Crippen LogP contribution >= 0.6 is 0 Å². The van der Waals surface area contributed by atoms with Crippen molar-refractivity contribution in [2.45, 2.75) is 25.7 Å². The highest BCUT2D eigenvalue weighted by Crippen LogP contribution is 2.24. The van der Waals surface area contributed by atoms with Crippen molar-refractivity contribution in [3.8, 4) is 0 Å².